The van der Waals surface area contributed by atoms with Crippen molar-refractivity contribution >= 4 is 23.2 Å². The summed E-state index contributed by atoms with van der Waals surface area (Å²) in [5.74, 6) is 1.43. The van der Waals surface area contributed by atoms with Crippen molar-refractivity contribution in [1.29, 1.82) is 0 Å². The van der Waals surface area contributed by atoms with Crippen molar-refractivity contribution in [3.8, 4) is 5.75 Å². The second-order valence-corrected chi connectivity index (χ2v) is 9.54. The van der Waals surface area contributed by atoms with Gasteiger partial charge in [-0.05, 0) is 43.7 Å². The molecule has 2 saturated carbocycles. The number of phenols is 1. The maximum absolute atomic E-state index is 9.97. The first-order chi connectivity index (χ1) is 10.6. The Morgan fingerprint density at radius 2 is 2.05 bits per heavy atom. The Labute approximate surface area is 150 Å². The topological polar surface area (TPSA) is 37.0 Å². The molecule has 0 amide bonds. The van der Waals surface area contributed by atoms with Crippen LogP contribution in [-0.4, -0.2) is 23.4 Å². The summed E-state index contributed by atoms with van der Waals surface area (Å²) in [6.45, 7) is 9.23. The molecule has 2 bridgehead atoms. The third kappa shape index (κ3) is 3.94. The number of benzene rings is 1. The van der Waals surface area contributed by atoms with Gasteiger partial charge in [-0.15, -0.1) is 0 Å². The molecule has 22 heavy (non-hydrogen) atoms. The van der Waals surface area contributed by atoms with E-state index in [1.807, 2.05) is 25.1 Å². The fourth-order valence-corrected chi connectivity index (χ4v) is 3.57. The number of fused-ring (bicyclic) bond motifs is 2. The van der Waals surface area contributed by atoms with E-state index in [-0.39, 0.29) is 12.1 Å². The zero-order valence-corrected chi connectivity index (χ0v) is 16.3. The van der Waals surface area contributed by atoms with Gasteiger partial charge in [0.1, 0.15) is 11.8 Å². The van der Waals surface area contributed by atoms with Crippen LogP contribution in [0.1, 0.15) is 30.4 Å². The van der Waals surface area contributed by atoms with E-state index in [1.54, 1.807) is 6.21 Å². The molecule has 0 aliphatic heterocycles. The summed E-state index contributed by atoms with van der Waals surface area (Å²) in [6, 6.07) is 5.86. The molecule has 0 radical (unpaired) electrons. The molecule has 0 aromatic heterocycles. The number of hydrogen-bond donors (Lipinski definition) is 1. The van der Waals surface area contributed by atoms with Crippen molar-refractivity contribution in [2.75, 3.05) is 0 Å². The summed E-state index contributed by atoms with van der Waals surface area (Å²) in [7, 11) is 9.87. The summed E-state index contributed by atoms with van der Waals surface area (Å²) >= 11 is -0.826. The molecule has 4 atom stereocenters. The molecule has 0 spiro atoms. The molecule has 0 heterocycles. The zero-order chi connectivity index (χ0) is 16.1. The van der Waals surface area contributed by atoms with Crippen molar-refractivity contribution in [2.24, 2.45) is 16.8 Å². The number of para-hydroxylation sites is 1. The van der Waals surface area contributed by atoms with Gasteiger partial charge in [0.2, 0.25) is 6.04 Å². The third-order valence-corrected chi connectivity index (χ3v) is 4.63. The van der Waals surface area contributed by atoms with E-state index < -0.39 is 20.8 Å². The molecule has 2 aliphatic carbocycles. The van der Waals surface area contributed by atoms with Gasteiger partial charge < -0.3 is 9.95 Å². The van der Waals surface area contributed by atoms with E-state index in [0.29, 0.717) is 17.6 Å². The van der Waals surface area contributed by atoms with Crippen molar-refractivity contribution in [1.82, 2.24) is 0 Å². The number of rotatable bonds is 2. The SMILES string of the molecule is [C-]#[N+]C1C2CCC(C2)C1N=Cc1cccc(C)c1O.[Cl][Zr][Cl]. The van der Waals surface area contributed by atoms with Crippen LogP contribution >= 0.6 is 17.0 Å². The van der Waals surface area contributed by atoms with Gasteiger partial charge in [0.25, 0.3) is 0 Å². The molecule has 3 rings (SSSR count). The number of aryl methyl sites for hydroxylation is 1. The van der Waals surface area contributed by atoms with Gasteiger partial charge >= 0.3 is 37.9 Å². The van der Waals surface area contributed by atoms with Crippen LogP contribution in [0.5, 0.6) is 5.75 Å². The molecule has 1 aromatic rings. The summed E-state index contributed by atoms with van der Waals surface area (Å²) in [5, 5.41) is 9.97. The Bertz CT molecular complexity index is 588. The second-order valence-electron chi connectivity index (χ2n) is 5.81. The molecule has 2 aliphatic rings. The van der Waals surface area contributed by atoms with Crippen LogP contribution in [0.25, 0.3) is 4.85 Å². The van der Waals surface area contributed by atoms with Crippen molar-refractivity contribution in [3.05, 3.63) is 40.7 Å². The summed E-state index contributed by atoms with van der Waals surface area (Å²) in [4.78, 5) is 8.41. The third-order valence-electron chi connectivity index (χ3n) is 4.63. The number of halogens is 2. The van der Waals surface area contributed by atoms with Gasteiger partial charge in [-0.25, -0.2) is 6.57 Å². The molecular formula is C16H18Cl2N2OZr. The quantitative estimate of drug-likeness (QED) is 0.556. The summed E-state index contributed by atoms with van der Waals surface area (Å²) < 4.78 is 0. The summed E-state index contributed by atoms with van der Waals surface area (Å²) in [5.41, 5.74) is 1.62. The molecule has 0 saturated heterocycles. The van der Waals surface area contributed by atoms with E-state index in [4.69, 9.17) is 23.6 Å². The van der Waals surface area contributed by atoms with E-state index in [0.717, 1.165) is 17.5 Å². The molecule has 1 N–H and O–H groups in total. The first-order valence-corrected chi connectivity index (χ1v) is 13.6. The fraction of sp³-hybridized carbons (Fsp3) is 0.500. The molecule has 1 aromatic carbocycles. The van der Waals surface area contributed by atoms with Crippen LogP contribution < -0.4 is 0 Å². The molecular weight excluding hydrogens is 398 g/mol. The van der Waals surface area contributed by atoms with Gasteiger partial charge in [0.15, 0.2) is 0 Å². The maximum atomic E-state index is 9.97. The van der Waals surface area contributed by atoms with Crippen LogP contribution in [-0.2, 0) is 20.8 Å². The van der Waals surface area contributed by atoms with E-state index in [2.05, 4.69) is 9.84 Å². The first-order valence-electron chi connectivity index (χ1n) is 7.27. The van der Waals surface area contributed by atoms with Crippen LogP contribution in [0.15, 0.2) is 23.2 Å². The molecule has 116 valence electrons. The number of aliphatic imine (C=N–C) groups is 1. The summed E-state index contributed by atoms with van der Waals surface area (Å²) in [6.07, 6.45) is 5.32. The van der Waals surface area contributed by atoms with Gasteiger partial charge in [-0.1, -0.05) is 12.1 Å². The Balaban J connectivity index is 0.000000545. The van der Waals surface area contributed by atoms with Gasteiger partial charge in [0, 0.05) is 17.7 Å². The number of phenolic OH excluding ortho intramolecular Hbond substituents is 1. The van der Waals surface area contributed by atoms with Crippen molar-refractivity contribution in [2.45, 2.75) is 38.3 Å². The van der Waals surface area contributed by atoms with Gasteiger partial charge in [-0.3, -0.25) is 4.99 Å². The first kappa shape index (κ1) is 18.0. The van der Waals surface area contributed by atoms with E-state index in [9.17, 15) is 5.11 Å². The van der Waals surface area contributed by atoms with Crippen LogP contribution in [0.4, 0.5) is 0 Å². The second kappa shape index (κ2) is 8.48. The van der Waals surface area contributed by atoms with Crippen LogP contribution in [0.3, 0.4) is 0 Å². The Morgan fingerprint density at radius 3 is 2.73 bits per heavy atom. The van der Waals surface area contributed by atoms with Gasteiger partial charge in [0.05, 0.1) is 0 Å². The Morgan fingerprint density at radius 1 is 1.36 bits per heavy atom. The average molecular weight is 416 g/mol. The average Bonchev–Trinajstić information content (AvgIpc) is 3.10. The zero-order valence-electron chi connectivity index (χ0n) is 12.3. The number of hydrogen-bond acceptors (Lipinski definition) is 2. The van der Waals surface area contributed by atoms with Crippen molar-refractivity contribution in [3.63, 3.8) is 0 Å². The predicted octanol–water partition coefficient (Wildman–Crippen LogP) is 4.58. The standard InChI is InChI=1S/C16H18N2O.2ClH.Zr/c1-10-4-3-5-13(16(10)19)9-18-15-12-7-6-11(8-12)14(15)17-2;;;/h3-5,9,11-12,14-15,19H,6-8H2,1H3;2*1H;/q;;;+2/p-2. The predicted molar refractivity (Wildman–Crippen MR) is 87.2 cm³/mol. The molecule has 2 fully saturated rings. The molecule has 4 unspecified atom stereocenters. The van der Waals surface area contributed by atoms with Crippen LogP contribution in [0, 0.1) is 25.3 Å². The van der Waals surface area contributed by atoms with Crippen molar-refractivity contribution < 1.29 is 26.0 Å². The van der Waals surface area contributed by atoms with Gasteiger partial charge in [-0.2, -0.15) is 0 Å². The fourth-order valence-electron chi connectivity index (χ4n) is 3.57. The number of nitrogens with zero attached hydrogens (tertiary/aromatic N) is 2. The Hall–Kier alpha value is -0.357. The molecule has 3 nitrogen and oxygen atoms in total. The minimum absolute atomic E-state index is 0.0574. The Kier molecular flexibility index (Phi) is 6.94. The van der Waals surface area contributed by atoms with E-state index >= 15 is 0 Å². The monoisotopic (exact) mass is 414 g/mol. The normalized spacial score (nSPS) is 29.0. The van der Waals surface area contributed by atoms with Crippen LogP contribution in [0.2, 0.25) is 0 Å². The minimum atomic E-state index is -0.826. The van der Waals surface area contributed by atoms with E-state index in [1.165, 1.54) is 12.8 Å². The number of aromatic hydroxyl groups is 1. The molecule has 6 heteroatoms.